The van der Waals surface area contributed by atoms with Gasteiger partial charge in [0, 0.05) is 13.0 Å². The summed E-state index contributed by atoms with van der Waals surface area (Å²) in [7, 11) is 0. The van der Waals surface area contributed by atoms with E-state index in [1.807, 2.05) is 37.3 Å². The van der Waals surface area contributed by atoms with Gasteiger partial charge in [-0.3, -0.25) is 14.6 Å². The Morgan fingerprint density at radius 1 is 1.05 bits per heavy atom. The lowest BCUT2D eigenvalue weighted by molar-refractivity contribution is -0.123. The van der Waals surface area contributed by atoms with Gasteiger partial charge in [0.15, 0.2) is 0 Å². The number of amides is 2. The Morgan fingerprint density at radius 2 is 1.74 bits per heavy atom. The van der Waals surface area contributed by atoms with Crippen LogP contribution in [0.25, 0.3) is 11.3 Å². The lowest BCUT2D eigenvalue weighted by Crippen LogP contribution is -2.49. The standard InChI is InChI=1S/C29H36N4O5/c1-19-25(21-10-6-5-7-11-21)33-27(36)23(31-19)12-8-9-17-30-26(35)24(32-28(37)38-29(2,3)4)18-20-13-15-22(34)16-14-20/h5-7,10-11,13-16,24,34H,8-9,12,17-18H2,1-4H3,(H,30,35)(H,32,37)(H,33,36)/t24-/m0/s1. The molecule has 1 heterocycles. The predicted octanol–water partition coefficient (Wildman–Crippen LogP) is 4.03. The van der Waals surface area contributed by atoms with Crippen molar-refractivity contribution >= 4 is 12.0 Å². The molecule has 9 heteroatoms. The highest BCUT2D eigenvalue weighted by Crippen LogP contribution is 2.18. The number of nitrogens with one attached hydrogen (secondary N) is 3. The van der Waals surface area contributed by atoms with Crippen LogP contribution in [-0.4, -0.2) is 45.3 Å². The van der Waals surface area contributed by atoms with Crippen molar-refractivity contribution in [3.63, 3.8) is 0 Å². The Bertz CT molecular complexity index is 1280. The number of carbonyl (C=O) groups is 2. The highest BCUT2D eigenvalue weighted by atomic mass is 16.6. The van der Waals surface area contributed by atoms with Crippen LogP contribution in [0.4, 0.5) is 4.79 Å². The molecule has 38 heavy (non-hydrogen) atoms. The van der Waals surface area contributed by atoms with Gasteiger partial charge in [-0.2, -0.15) is 0 Å². The smallest absolute Gasteiger partial charge is 0.408 e. The summed E-state index contributed by atoms with van der Waals surface area (Å²) in [5, 5.41) is 15.0. The maximum absolute atomic E-state index is 12.9. The van der Waals surface area contributed by atoms with Gasteiger partial charge in [0.1, 0.15) is 23.1 Å². The third kappa shape index (κ3) is 8.76. The normalized spacial score (nSPS) is 12.0. The van der Waals surface area contributed by atoms with Crippen molar-refractivity contribution in [2.45, 2.75) is 65.0 Å². The molecule has 1 atom stereocenters. The first-order chi connectivity index (χ1) is 18.0. The molecule has 4 N–H and O–H groups in total. The number of aromatic nitrogens is 2. The number of phenolic OH excluding ortho intramolecular Hbond substituents is 1. The molecule has 0 aliphatic carbocycles. The molecule has 3 aromatic rings. The van der Waals surface area contributed by atoms with Crippen LogP contribution in [0, 0.1) is 6.92 Å². The summed E-state index contributed by atoms with van der Waals surface area (Å²) in [6, 6.07) is 15.2. The minimum Gasteiger partial charge on any atom is -0.508 e. The zero-order valence-corrected chi connectivity index (χ0v) is 22.3. The Kier molecular flexibility index (Phi) is 9.65. The van der Waals surface area contributed by atoms with E-state index in [1.54, 1.807) is 32.9 Å². The van der Waals surface area contributed by atoms with Gasteiger partial charge in [0.25, 0.3) is 5.56 Å². The molecule has 0 saturated heterocycles. The van der Waals surface area contributed by atoms with E-state index in [1.165, 1.54) is 12.1 Å². The van der Waals surface area contributed by atoms with Crippen LogP contribution in [-0.2, 0) is 22.4 Å². The minimum atomic E-state index is -0.855. The number of rotatable bonds is 10. The molecule has 202 valence electrons. The second kappa shape index (κ2) is 12.9. The van der Waals surface area contributed by atoms with E-state index in [0.717, 1.165) is 16.8 Å². The Labute approximate surface area is 222 Å². The Hall–Kier alpha value is -4.14. The molecule has 0 aliphatic heterocycles. The van der Waals surface area contributed by atoms with E-state index in [4.69, 9.17) is 4.74 Å². The number of hydrogen-bond donors (Lipinski definition) is 4. The van der Waals surface area contributed by atoms with E-state index in [-0.39, 0.29) is 23.6 Å². The molecule has 2 amide bonds. The molecule has 0 aliphatic rings. The second-order valence-electron chi connectivity index (χ2n) is 10.2. The zero-order chi connectivity index (χ0) is 27.7. The summed E-state index contributed by atoms with van der Waals surface area (Å²) in [6.07, 6.45) is 1.32. The van der Waals surface area contributed by atoms with Crippen molar-refractivity contribution in [1.82, 2.24) is 20.6 Å². The summed E-state index contributed by atoms with van der Waals surface area (Å²) in [6.45, 7) is 7.49. The quantitative estimate of drug-likeness (QED) is 0.298. The zero-order valence-electron chi connectivity index (χ0n) is 22.3. The Morgan fingerprint density at radius 3 is 2.39 bits per heavy atom. The molecule has 0 bridgehead atoms. The largest absolute Gasteiger partial charge is 0.508 e. The van der Waals surface area contributed by atoms with Crippen molar-refractivity contribution in [1.29, 1.82) is 0 Å². The lowest BCUT2D eigenvalue weighted by Gasteiger charge is -2.23. The van der Waals surface area contributed by atoms with Gasteiger partial charge in [-0.1, -0.05) is 42.5 Å². The molecule has 0 radical (unpaired) electrons. The van der Waals surface area contributed by atoms with Gasteiger partial charge in [0.2, 0.25) is 5.91 Å². The third-order valence-electron chi connectivity index (χ3n) is 5.75. The van der Waals surface area contributed by atoms with Crippen LogP contribution in [0.2, 0.25) is 0 Å². The molecular weight excluding hydrogens is 484 g/mol. The number of carbonyl (C=O) groups excluding carboxylic acids is 2. The summed E-state index contributed by atoms with van der Waals surface area (Å²) in [5.74, 6) is -0.226. The highest BCUT2D eigenvalue weighted by molar-refractivity contribution is 5.86. The van der Waals surface area contributed by atoms with Crippen LogP contribution in [0.5, 0.6) is 5.75 Å². The average Bonchev–Trinajstić information content (AvgIpc) is 2.85. The van der Waals surface area contributed by atoms with E-state index < -0.39 is 17.7 Å². The van der Waals surface area contributed by atoms with Crippen LogP contribution in [0.1, 0.15) is 50.6 Å². The average molecular weight is 521 g/mol. The van der Waals surface area contributed by atoms with Crippen molar-refractivity contribution < 1.29 is 19.4 Å². The maximum atomic E-state index is 12.9. The van der Waals surface area contributed by atoms with Crippen LogP contribution in [0.15, 0.2) is 59.4 Å². The molecule has 0 unspecified atom stereocenters. The summed E-state index contributed by atoms with van der Waals surface area (Å²) in [5.41, 5.74) is 2.70. The molecule has 3 rings (SSSR count). The van der Waals surface area contributed by atoms with Gasteiger partial charge in [-0.05, 0) is 70.2 Å². The van der Waals surface area contributed by atoms with Gasteiger partial charge in [-0.15, -0.1) is 0 Å². The van der Waals surface area contributed by atoms with Crippen LogP contribution in [0.3, 0.4) is 0 Å². The first-order valence-corrected chi connectivity index (χ1v) is 12.7. The van der Waals surface area contributed by atoms with Gasteiger partial charge in [0.05, 0.1) is 11.4 Å². The summed E-state index contributed by atoms with van der Waals surface area (Å²) >= 11 is 0. The number of nitrogens with zero attached hydrogens (tertiary/aromatic N) is 1. The molecule has 2 aromatic carbocycles. The number of hydrogen-bond acceptors (Lipinski definition) is 6. The number of benzene rings is 2. The van der Waals surface area contributed by atoms with E-state index >= 15 is 0 Å². The summed E-state index contributed by atoms with van der Waals surface area (Å²) in [4.78, 5) is 45.3. The Balaban J connectivity index is 1.54. The fraction of sp³-hybridized carbons (Fsp3) is 0.379. The molecule has 0 fully saturated rings. The van der Waals surface area contributed by atoms with Crippen molar-refractivity contribution in [3.05, 3.63) is 81.9 Å². The number of unbranched alkanes of at least 4 members (excludes halogenated alkanes) is 1. The molecule has 9 nitrogen and oxygen atoms in total. The highest BCUT2D eigenvalue weighted by Gasteiger charge is 2.24. The molecule has 0 spiro atoms. The number of aromatic hydroxyl groups is 1. The fourth-order valence-corrected chi connectivity index (χ4v) is 3.92. The molecule has 0 saturated carbocycles. The molecular formula is C29H36N4O5. The van der Waals surface area contributed by atoms with Crippen molar-refractivity contribution in [3.8, 4) is 17.0 Å². The minimum absolute atomic E-state index is 0.119. The van der Waals surface area contributed by atoms with Gasteiger partial charge < -0.3 is 25.5 Å². The summed E-state index contributed by atoms with van der Waals surface area (Å²) < 4.78 is 5.32. The monoisotopic (exact) mass is 520 g/mol. The van der Waals surface area contributed by atoms with E-state index in [2.05, 4.69) is 20.6 Å². The van der Waals surface area contributed by atoms with Crippen molar-refractivity contribution in [2.75, 3.05) is 6.54 Å². The SMILES string of the molecule is Cc1nc(CCCCNC(=O)[C@H](Cc2ccc(O)cc2)NC(=O)OC(C)(C)C)c(=O)[nH]c1-c1ccccc1. The van der Waals surface area contributed by atoms with Crippen LogP contribution >= 0.6 is 0 Å². The van der Waals surface area contributed by atoms with E-state index in [9.17, 15) is 19.5 Å². The van der Waals surface area contributed by atoms with Crippen LogP contribution < -0.4 is 16.2 Å². The van der Waals surface area contributed by atoms with Gasteiger partial charge in [-0.25, -0.2) is 4.79 Å². The van der Waals surface area contributed by atoms with Crippen molar-refractivity contribution in [2.24, 2.45) is 0 Å². The number of ether oxygens (including phenoxy) is 1. The number of H-pyrrole nitrogens is 1. The first kappa shape index (κ1) is 28.4. The number of phenols is 1. The number of aryl methyl sites for hydroxylation is 2. The predicted molar refractivity (Wildman–Crippen MR) is 146 cm³/mol. The molecule has 1 aromatic heterocycles. The maximum Gasteiger partial charge on any atom is 0.408 e. The fourth-order valence-electron chi connectivity index (χ4n) is 3.92. The third-order valence-corrected chi connectivity index (χ3v) is 5.75. The van der Waals surface area contributed by atoms with E-state index in [0.29, 0.717) is 37.2 Å². The van der Waals surface area contributed by atoms with Gasteiger partial charge >= 0.3 is 6.09 Å². The second-order valence-corrected chi connectivity index (χ2v) is 10.2. The number of aromatic amines is 1. The lowest BCUT2D eigenvalue weighted by atomic mass is 10.0. The first-order valence-electron chi connectivity index (χ1n) is 12.7. The topological polar surface area (TPSA) is 133 Å². The number of alkyl carbamates (subject to hydrolysis) is 1.